The fraction of sp³-hybridized carbons (Fsp3) is 0.0976. The van der Waals surface area contributed by atoms with Crippen LogP contribution in [-0.4, -0.2) is 9.13 Å². The Labute approximate surface area is 488 Å². The van der Waals surface area contributed by atoms with Gasteiger partial charge in [-0.15, -0.1) is 0 Å². The molecule has 0 amide bonds. The molecule has 84 heavy (non-hydrogen) atoms. The van der Waals surface area contributed by atoms with E-state index in [1.165, 1.54) is 175 Å². The Bertz CT molecular complexity index is 5140. The Hall–Kier alpha value is -10.0. The maximum atomic E-state index is 2.63. The first-order valence-corrected chi connectivity index (χ1v) is 29.7. The number of rotatable bonds is 6. The van der Waals surface area contributed by atoms with Crippen molar-refractivity contribution < 1.29 is 0 Å². The van der Waals surface area contributed by atoms with Gasteiger partial charge in [0.1, 0.15) is 0 Å². The summed E-state index contributed by atoms with van der Waals surface area (Å²) in [6.07, 6.45) is 0. The molecule has 398 valence electrons. The van der Waals surface area contributed by atoms with E-state index in [-0.39, 0.29) is 10.8 Å². The minimum absolute atomic E-state index is 0.285. The van der Waals surface area contributed by atoms with Gasteiger partial charge in [0.05, 0.1) is 33.8 Å². The van der Waals surface area contributed by atoms with Crippen molar-refractivity contribution in [2.75, 3.05) is 0 Å². The number of nitrogens with zero attached hydrogens (tertiary/aromatic N) is 2. The van der Waals surface area contributed by atoms with E-state index in [0.29, 0.717) is 0 Å². The van der Waals surface area contributed by atoms with Crippen LogP contribution < -0.4 is 0 Å². The van der Waals surface area contributed by atoms with Gasteiger partial charge in [0.15, 0.2) is 0 Å². The Kier molecular flexibility index (Phi) is 10.3. The van der Waals surface area contributed by atoms with Crippen LogP contribution in [0, 0.1) is 0 Å². The summed E-state index contributed by atoms with van der Waals surface area (Å²) in [5, 5.41) is 23.0. The molecular weight excluding hydrogens is 1010 g/mol. The topological polar surface area (TPSA) is 9.86 Å². The smallest absolute Gasteiger partial charge is 0.0619 e. The predicted octanol–water partition coefficient (Wildman–Crippen LogP) is 22.9. The van der Waals surface area contributed by atoms with Crippen molar-refractivity contribution in [3.8, 4) is 56.1 Å². The van der Waals surface area contributed by atoms with Crippen LogP contribution in [0.4, 0.5) is 0 Å². The average molecular weight is 1070 g/mol. The molecule has 0 saturated heterocycles. The van der Waals surface area contributed by atoms with Crippen molar-refractivity contribution in [1.29, 1.82) is 0 Å². The zero-order chi connectivity index (χ0) is 56.3. The van der Waals surface area contributed by atoms with E-state index in [1.807, 2.05) is 0 Å². The van der Waals surface area contributed by atoms with Crippen LogP contribution in [0.15, 0.2) is 255 Å². The number of fused-ring (bicyclic) bond motifs is 4. The summed E-state index contributed by atoms with van der Waals surface area (Å²) in [5.41, 5.74) is 16.5. The van der Waals surface area contributed by atoms with Gasteiger partial charge in [-0.1, -0.05) is 260 Å². The first-order chi connectivity index (χ1) is 41.0. The molecule has 2 heterocycles. The highest BCUT2D eigenvalue weighted by Gasteiger charge is 2.33. The van der Waals surface area contributed by atoms with Gasteiger partial charge in [0, 0.05) is 32.7 Å². The van der Waals surface area contributed by atoms with Crippen molar-refractivity contribution in [1.82, 2.24) is 9.13 Å². The molecule has 0 radical (unpaired) electrons. The molecule has 2 aromatic heterocycles. The molecule has 0 atom stereocenters. The van der Waals surface area contributed by atoms with E-state index in [4.69, 9.17) is 0 Å². The lowest BCUT2D eigenvalue weighted by molar-refractivity contribution is 0.593. The SMILES string of the molecule is CC(C)(C)c1c2cc3c(-c4ccccc4)c(-c4ccccc4)n(-c4ccc5ccc6cccc7ccc4c5c67)c3cc2c(C(C)(C)C)c2cc3c(-c4ccccc4)c(-c4ccccc4)n(-c4ccc5ccc6cccc7ccc4c5c67)c3cc12. The first kappa shape index (κ1) is 48.7. The van der Waals surface area contributed by atoms with Crippen molar-refractivity contribution in [3.05, 3.63) is 266 Å². The highest BCUT2D eigenvalue weighted by atomic mass is 15.0. The number of hydrogen-bond acceptors (Lipinski definition) is 0. The Morgan fingerprint density at radius 2 is 0.536 bits per heavy atom. The summed E-state index contributed by atoms with van der Waals surface area (Å²) in [6.45, 7) is 14.6. The molecule has 0 bridgehead atoms. The van der Waals surface area contributed by atoms with Crippen LogP contribution in [-0.2, 0) is 10.8 Å². The average Bonchev–Trinajstić information content (AvgIpc) is 1.89. The molecule has 0 aliphatic rings. The lowest BCUT2D eigenvalue weighted by Gasteiger charge is -2.31. The summed E-state index contributed by atoms with van der Waals surface area (Å²) in [7, 11) is 0. The Balaban J connectivity index is 1.08. The third kappa shape index (κ3) is 6.98. The minimum Gasteiger partial charge on any atom is -0.308 e. The summed E-state index contributed by atoms with van der Waals surface area (Å²) in [5.74, 6) is 0. The molecule has 0 saturated carbocycles. The molecule has 15 aromatic carbocycles. The van der Waals surface area contributed by atoms with E-state index in [0.717, 1.165) is 0 Å². The zero-order valence-corrected chi connectivity index (χ0v) is 48.1. The number of aromatic nitrogens is 2. The maximum Gasteiger partial charge on any atom is 0.0619 e. The molecule has 0 spiro atoms. The molecular formula is C82H60N2. The summed E-state index contributed by atoms with van der Waals surface area (Å²) in [6, 6.07) is 96.5. The van der Waals surface area contributed by atoms with Gasteiger partial charge in [-0.2, -0.15) is 0 Å². The van der Waals surface area contributed by atoms with Crippen LogP contribution >= 0.6 is 0 Å². The second-order valence-corrected chi connectivity index (χ2v) is 25.5. The molecule has 0 fully saturated rings. The van der Waals surface area contributed by atoms with Crippen LogP contribution in [0.1, 0.15) is 52.7 Å². The van der Waals surface area contributed by atoms with Gasteiger partial charge >= 0.3 is 0 Å². The third-order valence-electron chi connectivity index (χ3n) is 18.5. The fourth-order valence-corrected chi connectivity index (χ4v) is 15.3. The Morgan fingerprint density at radius 1 is 0.238 bits per heavy atom. The van der Waals surface area contributed by atoms with Crippen LogP contribution in [0.2, 0.25) is 0 Å². The Morgan fingerprint density at radius 3 is 0.881 bits per heavy atom. The number of benzene rings is 15. The summed E-state index contributed by atoms with van der Waals surface area (Å²) >= 11 is 0. The molecule has 17 rings (SSSR count). The lowest BCUT2D eigenvalue weighted by atomic mass is 9.73. The molecule has 2 heteroatoms. The molecule has 17 aromatic rings. The van der Waals surface area contributed by atoms with Gasteiger partial charge in [0.2, 0.25) is 0 Å². The quantitative estimate of drug-likeness (QED) is 0.116. The van der Waals surface area contributed by atoms with Gasteiger partial charge in [0.25, 0.3) is 0 Å². The van der Waals surface area contributed by atoms with Crippen LogP contribution in [0.5, 0.6) is 0 Å². The van der Waals surface area contributed by atoms with E-state index >= 15 is 0 Å². The fourth-order valence-electron chi connectivity index (χ4n) is 15.3. The van der Waals surface area contributed by atoms with Gasteiger partial charge in [-0.3, -0.25) is 0 Å². The van der Waals surface area contributed by atoms with E-state index in [9.17, 15) is 0 Å². The molecule has 2 nitrogen and oxygen atoms in total. The normalized spacial score (nSPS) is 12.6. The van der Waals surface area contributed by atoms with Crippen molar-refractivity contribution >= 4 is 108 Å². The van der Waals surface area contributed by atoms with Crippen molar-refractivity contribution in [2.45, 2.75) is 52.4 Å². The molecule has 0 unspecified atom stereocenters. The van der Waals surface area contributed by atoms with Crippen LogP contribution in [0.3, 0.4) is 0 Å². The van der Waals surface area contributed by atoms with Gasteiger partial charge in [-0.05, 0) is 156 Å². The van der Waals surface area contributed by atoms with E-state index < -0.39 is 0 Å². The van der Waals surface area contributed by atoms with Crippen molar-refractivity contribution in [3.63, 3.8) is 0 Å². The predicted molar refractivity (Wildman–Crippen MR) is 362 cm³/mol. The minimum atomic E-state index is -0.285. The second kappa shape index (κ2) is 17.7. The largest absolute Gasteiger partial charge is 0.308 e. The van der Waals surface area contributed by atoms with E-state index in [1.54, 1.807) is 0 Å². The zero-order valence-electron chi connectivity index (χ0n) is 48.1. The first-order valence-electron chi connectivity index (χ1n) is 29.7. The van der Waals surface area contributed by atoms with Gasteiger partial charge < -0.3 is 9.13 Å². The highest BCUT2D eigenvalue weighted by molar-refractivity contribution is 6.27. The molecule has 0 N–H and O–H groups in total. The third-order valence-corrected chi connectivity index (χ3v) is 18.5. The maximum absolute atomic E-state index is 2.63. The summed E-state index contributed by atoms with van der Waals surface area (Å²) < 4.78 is 5.26. The molecule has 0 aliphatic carbocycles. The van der Waals surface area contributed by atoms with Crippen molar-refractivity contribution in [2.24, 2.45) is 0 Å². The highest BCUT2D eigenvalue weighted by Crippen LogP contribution is 2.54. The monoisotopic (exact) mass is 1070 g/mol. The van der Waals surface area contributed by atoms with E-state index in [2.05, 4.69) is 305 Å². The summed E-state index contributed by atoms with van der Waals surface area (Å²) in [4.78, 5) is 0. The number of hydrogen-bond donors (Lipinski definition) is 0. The lowest BCUT2D eigenvalue weighted by Crippen LogP contribution is -2.18. The van der Waals surface area contributed by atoms with Gasteiger partial charge in [-0.25, -0.2) is 0 Å². The standard InChI is InChI=1S/C82H60N2/c1-81(2,3)77-61-45-65-70(84(79(57-25-15-9-16-26-57)75(65)49-21-11-7-12-22-49)68-44-40-56-36-34-52-30-20-32-54-38-42-60(68)74(56)72(52)54)48-64(61)78(82(4,5)6)62-46-66-69(47-63(62)77)83(80(58-27-17-10-18-28-58)76(66)50-23-13-8-14-24-50)67-43-39-55-35-33-51-29-19-31-53-37-41-59(67)73(55)71(51)53/h7-48H,1-6H3. The van der Waals surface area contributed by atoms with Crippen LogP contribution in [0.25, 0.3) is 164 Å². The second-order valence-electron chi connectivity index (χ2n) is 25.5. The molecule has 0 aliphatic heterocycles.